The fourth-order valence-corrected chi connectivity index (χ4v) is 6.35. The standard InChI is InChI=1S/C26H28Cl2F3N3O4/c1-25(2)9-15(10-25)12-33(13-20(35)22-18(27)4-3-5-19(22)28)24(38)17-11-32-34(23(17)26(29,30)31)16-6-14(7-16)8-21(36)37/h3-5,11,14-16H,6-10,12-13H2,1-2H3,(H,36,37)/t14-,16-. The van der Waals surface area contributed by atoms with Crippen LogP contribution in [-0.4, -0.2) is 50.5 Å². The van der Waals surface area contributed by atoms with E-state index in [0.717, 1.165) is 28.6 Å². The summed E-state index contributed by atoms with van der Waals surface area (Å²) in [4.78, 5) is 38.8. The van der Waals surface area contributed by atoms with Gasteiger partial charge in [-0.2, -0.15) is 18.3 Å². The third-order valence-electron chi connectivity index (χ3n) is 7.34. The van der Waals surface area contributed by atoms with Crippen molar-refractivity contribution < 1.29 is 32.7 Å². The SMILES string of the molecule is CC1(C)CC(CN(CC(=O)c2c(Cl)cccc2Cl)C(=O)c2cnn([C@H]3C[C@H](CC(=O)O)C3)c2C(F)(F)F)C1. The van der Waals surface area contributed by atoms with Gasteiger partial charge in [0.15, 0.2) is 11.5 Å². The van der Waals surface area contributed by atoms with Crippen molar-refractivity contribution in [3.63, 3.8) is 0 Å². The molecular weight excluding hydrogens is 546 g/mol. The van der Waals surface area contributed by atoms with E-state index in [1.165, 1.54) is 12.1 Å². The predicted octanol–water partition coefficient (Wildman–Crippen LogP) is 6.40. The highest BCUT2D eigenvalue weighted by atomic mass is 35.5. The fourth-order valence-electron chi connectivity index (χ4n) is 5.74. The lowest BCUT2D eigenvalue weighted by Crippen LogP contribution is -2.45. The molecule has 2 saturated carbocycles. The molecule has 2 fully saturated rings. The van der Waals surface area contributed by atoms with Gasteiger partial charge < -0.3 is 10.0 Å². The van der Waals surface area contributed by atoms with Gasteiger partial charge in [0.1, 0.15) is 0 Å². The third kappa shape index (κ3) is 6.01. The molecule has 1 aromatic carbocycles. The van der Waals surface area contributed by atoms with Crippen LogP contribution in [0.5, 0.6) is 0 Å². The quantitative estimate of drug-likeness (QED) is 0.350. The van der Waals surface area contributed by atoms with Crippen LogP contribution in [0.4, 0.5) is 13.2 Å². The molecule has 2 aromatic rings. The smallest absolute Gasteiger partial charge is 0.433 e. The fraction of sp³-hybridized carbons (Fsp3) is 0.538. The molecule has 0 bridgehead atoms. The minimum absolute atomic E-state index is 0.00764. The largest absolute Gasteiger partial charge is 0.481 e. The third-order valence-corrected chi connectivity index (χ3v) is 7.97. The van der Waals surface area contributed by atoms with E-state index in [-0.39, 0.29) is 58.7 Å². The van der Waals surface area contributed by atoms with Crippen LogP contribution in [0, 0.1) is 17.3 Å². The van der Waals surface area contributed by atoms with Gasteiger partial charge >= 0.3 is 12.1 Å². The maximum atomic E-state index is 14.2. The summed E-state index contributed by atoms with van der Waals surface area (Å²) in [6.07, 6.45) is -2.18. The van der Waals surface area contributed by atoms with Crippen molar-refractivity contribution >= 4 is 40.9 Å². The first kappa shape index (κ1) is 28.4. The molecule has 4 rings (SSSR count). The minimum atomic E-state index is -4.89. The predicted molar refractivity (Wildman–Crippen MR) is 134 cm³/mol. The van der Waals surface area contributed by atoms with E-state index in [1.54, 1.807) is 6.07 Å². The lowest BCUT2D eigenvalue weighted by atomic mass is 9.64. The van der Waals surface area contributed by atoms with Crippen molar-refractivity contribution in [3.8, 4) is 0 Å². The Morgan fingerprint density at radius 1 is 1.13 bits per heavy atom. The maximum absolute atomic E-state index is 14.2. The summed E-state index contributed by atoms with van der Waals surface area (Å²) in [7, 11) is 0. The zero-order chi connectivity index (χ0) is 28.0. The Balaban J connectivity index is 1.63. The zero-order valence-electron chi connectivity index (χ0n) is 20.9. The molecule has 206 valence electrons. The maximum Gasteiger partial charge on any atom is 0.433 e. The van der Waals surface area contributed by atoms with E-state index in [4.69, 9.17) is 28.3 Å². The molecule has 1 aromatic heterocycles. The van der Waals surface area contributed by atoms with Crippen molar-refractivity contribution in [2.24, 2.45) is 17.3 Å². The number of alkyl halides is 3. The number of nitrogens with zero attached hydrogens (tertiary/aromatic N) is 3. The number of hydrogen-bond donors (Lipinski definition) is 1. The Kier molecular flexibility index (Phi) is 7.87. The molecule has 1 N–H and O–H groups in total. The average molecular weight is 574 g/mol. The number of aromatic nitrogens is 2. The Bertz CT molecular complexity index is 1230. The van der Waals surface area contributed by atoms with Gasteiger partial charge in [0, 0.05) is 13.0 Å². The topological polar surface area (TPSA) is 92.5 Å². The number of halogens is 5. The number of benzene rings is 1. The number of aliphatic carboxylic acids is 1. The first-order chi connectivity index (χ1) is 17.7. The second-order valence-corrected chi connectivity index (χ2v) is 11.9. The molecule has 2 aliphatic rings. The van der Waals surface area contributed by atoms with Gasteiger partial charge in [0.2, 0.25) is 0 Å². The Labute approximate surface area is 227 Å². The summed E-state index contributed by atoms with van der Waals surface area (Å²) in [5, 5.41) is 13.0. The number of Topliss-reactive ketones (excluding diaryl/α,β-unsaturated/α-hetero) is 1. The van der Waals surface area contributed by atoms with Crippen LogP contribution in [0.1, 0.15) is 78.4 Å². The van der Waals surface area contributed by atoms with Crippen LogP contribution in [-0.2, 0) is 11.0 Å². The zero-order valence-corrected chi connectivity index (χ0v) is 22.4. The van der Waals surface area contributed by atoms with E-state index in [9.17, 15) is 27.6 Å². The number of carbonyl (C=O) groups excluding carboxylic acids is 2. The highest BCUT2D eigenvalue weighted by Crippen LogP contribution is 2.46. The highest BCUT2D eigenvalue weighted by molar-refractivity contribution is 6.40. The van der Waals surface area contributed by atoms with E-state index in [1.807, 2.05) is 0 Å². The summed E-state index contributed by atoms with van der Waals surface area (Å²) in [5.74, 6) is -2.77. The molecule has 0 unspecified atom stereocenters. The van der Waals surface area contributed by atoms with Crippen LogP contribution >= 0.6 is 23.2 Å². The van der Waals surface area contributed by atoms with Crippen molar-refractivity contribution in [2.75, 3.05) is 13.1 Å². The van der Waals surface area contributed by atoms with Crippen LogP contribution in [0.15, 0.2) is 24.4 Å². The number of carboxylic acid groups (broad SMARTS) is 1. The van der Waals surface area contributed by atoms with Gasteiger partial charge in [-0.3, -0.25) is 19.1 Å². The number of amides is 1. The molecule has 0 spiro atoms. The number of carboxylic acids is 1. The molecule has 2 aliphatic carbocycles. The molecule has 0 radical (unpaired) electrons. The second-order valence-electron chi connectivity index (χ2n) is 11.1. The molecular formula is C26H28Cl2F3N3O4. The monoisotopic (exact) mass is 573 g/mol. The Morgan fingerprint density at radius 2 is 1.74 bits per heavy atom. The van der Waals surface area contributed by atoms with Gasteiger partial charge in [-0.1, -0.05) is 43.1 Å². The van der Waals surface area contributed by atoms with E-state index in [0.29, 0.717) is 0 Å². The van der Waals surface area contributed by atoms with Gasteiger partial charge in [-0.15, -0.1) is 0 Å². The lowest BCUT2D eigenvalue weighted by molar-refractivity contribution is -0.147. The molecule has 12 heteroatoms. The van der Waals surface area contributed by atoms with Gasteiger partial charge in [0.05, 0.1) is 40.0 Å². The van der Waals surface area contributed by atoms with Crippen LogP contribution in [0.3, 0.4) is 0 Å². The van der Waals surface area contributed by atoms with E-state index >= 15 is 0 Å². The van der Waals surface area contributed by atoms with Gasteiger partial charge in [0.25, 0.3) is 5.91 Å². The number of rotatable bonds is 9. The summed E-state index contributed by atoms with van der Waals surface area (Å²) in [6, 6.07) is 3.85. The summed E-state index contributed by atoms with van der Waals surface area (Å²) >= 11 is 12.3. The first-order valence-electron chi connectivity index (χ1n) is 12.3. The number of ketones is 1. The highest BCUT2D eigenvalue weighted by Gasteiger charge is 2.46. The summed E-state index contributed by atoms with van der Waals surface area (Å²) in [6.45, 7) is 3.73. The molecule has 1 heterocycles. The number of carbonyl (C=O) groups is 3. The Morgan fingerprint density at radius 3 is 2.26 bits per heavy atom. The molecule has 0 aliphatic heterocycles. The molecule has 0 saturated heterocycles. The van der Waals surface area contributed by atoms with Gasteiger partial charge in [-0.25, -0.2) is 0 Å². The van der Waals surface area contributed by atoms with E-state index in [2.05, 4.69) is 18.9 Å². The van der Waals surface area contributed by atoms with Crippen molar-refractivity contribution in [1.82, 2.24) is 14.7 Å². The lowest BCUT2D eigenvalue weighted by Gasteiger charge is -2.44. The van der Waals surface area contributed by atoms with Crippen molar-refractivity contribution in [2.45, 2.75) is 58.2 Å². The average Bonchev–Trinajstić information content (AvgIpc) is 3.18. The van der Waals surface area contributed by atoms with Crippen molar-refractivity contribution in [3.05, 3.63) is 51.3 Å². The minimum Gasteiger partial charge on any atom is -0.481 e. The van der Waals surface area contributed by atoms with Gasteiger partial charge in [-0.05, 0) is 55.1 Å². The molecule has 38 heavy (non-hydrogen) atoms. The second kappa shape index (κ2) is 10.5. The number of hydrogen-bond acceptors (Lipinski definition) is 4. The molecule has 1 amide bonds. The van der Waals surface area contributed by atoms with Crippen LogP contribution < -0.4 is 0 Å². The van der Waals surface area contributed by atoms with Crippen LogP contribution in [0.2, 0.25) is 10.0 Å². The first-order valence-corrected chi connectivity index (χ1v) is 13.0. The van der Waals surface area contributed by atoms with Crippen molar-refractivity contribution in [1.29, 1.82) is 0 Å². The summed E-state index contributed by atoms with van der Waals surface area (Å²) in [5.41, 5.74) is -1.78. The Hall–Kier alpha value is -2.59. The summed E-state index contributed by atoms with van der Waals surface area (Å²) < 4.78 is 43.5. The molecule has 7 nitrogen and oxygen atoms in total. The van der Waals surface area contributed by atoms with Crippen LogP contribution in [0.25, 0.3) is 0 Å². The van der Waals surface area contributed by atoms with E-state index < -0.39 is 47.7 Å². The normalized spacial score (nSPS) is 20.9. The molecule has 0 atom stereocenters.